The Morgan fingerprint density at radius 1 is 1.14 bits per heavy atom. The monoisotopic (exact) mass is 479 g/mol. The first-order chi connectivity index (χ1) is 17.0. The molecule has 1 unspecified atom stereocenters. The molecule has 0 radical (unpaired) electrons. The van der Waals surface area contributed by atoms with Crippen LogP contribution in [0.15, 0.2) is 77.0 Å². The summed E-state index contributed by atoms with van der Waals surface area (Å²) >= 11 is 1.31. The van der Waals surface area contributed by atoms with Gasteiger partial charge in [0, 0.05) is 23.6 Å². The van der Waals surface area contributed by atoms with Crippen molar-refractivity contribution < 1.29 is 4.79 Å². The van der Waals surface area contributed by atoms with E-state index in [1.54, 1.807) is 12.3 Å². The van der Waals surface area contributed by atoms with E-state index in [0.717, 1.165) is 22.3 Å². The van der Waals surface area contributed by atoms with Gasteiger partial charge < -0.3 is 5.32 Å². The first-order valence-corrected chi connectivity index (χ1v) is 12.2. The maximum absolute atomic E-state index is 13.9. The largest absolute Gasteiger partial charge is 0.301 e. The van der Waals surface area contributed by atoms with Gasteiger partial charge in [0.25, 0.3) is 5.56 Å². The summed E-state index contributed by atoms with van der Waals surface area (Å²) in [5.41, 5.74) is 2.76. The second-order valence-corrected chi connectivity index (χ2v) is 10.2. The van der Waals surface area contributed by atoms with Gasteiger partial charge in [0.15, 0.2) is 5.13 Å². The van der Waals surface area contributed by atoms with Crippen molar-refractivity contribution in [2.24, 2.45) is 5.41 Å². The Bertz CT molecular complexity index is 1530. The number of nitriles is 1. The average Bonchev–Trinajstić information content (AvgIpc) is 3.32. The number of benzene rings is 2. The van der Waals surface area contributed by atoms with Crippen LogP contribution in [0.25, 0.3) is 0 Å². The van der Waals surface area contributed by atoms with Crippen LogP contribution in [0.4, 0.5) is 5.13 Å². The number of amides is 1. The maximum Gasteiger partial charge on any atom is 0.267 e. The topological polar surface area (TPSA) is 101 Å². The zero-order valence-corrected chi connectivity index (χ0v) is 19.7. The summed E-state index contributed by atoms with van der Waals surface area (Å²) in [4.78, 5) is 30.3. The molecule has 35 heavy (non-hydrogen) atoms. The summed E-state index contributed by atoms with van der Waals surface area (Å²) in [6.07, 6.45) is 1.94. The standard InChI is InChI=1S/C27H21N5O2S/c1-26(24(34)31-25-30-17(14-35-25)13-32-22(33)11-6-12-29-32)15-27(16-28)20-9-4-2-7-18(20)23(26)19-8-3-5-10-21(19)27/h2-12,14,23H,13,15H2,1H3,(H,30,31,34). The number of thiazole rings is 1. The van der Waals surface area contributed by atoms with E-state index in [1.165, 1.54) is 22.1 Å². The van der Waals surface area contributed by atoms with E-state index < -0.39 is 10.8 Å². The molecule has 3 aliphatic rings. The molecule has 1 amide bonds. The fraction of sp³-hybridized carbons (Fsp3) is 0.222. The number of nitrogens with one attached hydrogen (secondary N) is 1. The van der Waals surface area contributed by atoms with E-state index in [2.05, 4.69) is 21.5 Å². The summed E-state index contributed by atoms with van der Waals surface area (Å²) in [6, 6.07) is 21.6. The van der Waals surface area contributed by atoms with Crippen molar-refractivity contribution in [3.63, 3.8) is 0 Å². The molecule has 0 fully saturated rings. The molecular formula is C27H21N5O2S. The number of carbonyl (C=O) groups is 1. The highest BCUT2D eigenvalue weighted by atomic mass is 32.1. The third-order valence-corrected chi connectivity index (χ3v) is 8.12. The fourth-order valence-electron chi connectivity index (χ4n) is 5.82. The van der Waals surface area contributed by atoms with Gasteiger partial charge in [0.1, 0.15) is 5.41 Å². The third-order valence-electron chi connectivity index (χ3n) is 7.31. The zero-order chi connectivity index (χ0) is 24.2. The van der Waals surface area contributed by atoms with Crippen molar-refractivity contribution in [2.45, 2.75) is 31.2 Å². The first kappa shape index (κ1) is 21.4. The Morgan fingerprint density at radius 2 is 1.83 bits per heavy atom. The van der Waals surface area contributed by atoms with Gasteiger partial charge in [0.05, 0.1) is 23.7 Å². The molecular weight excluding hydrogens is 458 g/mol. The molecule has 0 spiro atoms. The predicted octanol–water partition coefficient (Wildman–Crippen LogP) is 4.05. The molecule has 7 rings (SSSR count). The molecule has 8 heteroatoms. The number of aromatic nitrogens is 3. The lowest BCUT2D eigenvalue weighted by molar-refractivity contribution is -0.127. The minimum atomic E-state index is -0.887. The van der Waals surface area contributed by atoms with Crippen LogP contribution in [-0.4, -0.2) is 20.7 Å². The van der Waals surface area contributed by atoms with Crippen molar-refractivity contribution in [3.8, 4) is 6.07 Å². The van der Waals surface area contributed by atoms with E-state index in [-0.39, 0.29) is 23.9 Å². The van der Waals surface area contributed by atoms with Crippen LogP contribution in [0.1, 0.15) is 47.2 Å². The van der Waals surface area contributed by atoms with Gasteiger partial charge in [-0.25, -0.2) is 9.67 Å². The molecule has 0 aliphatic heterocycles. The van der Waals surface area contributed by atoms with E-state index in [4.69, 9.17) is 0 Å². The number of hydrogen-bond acceptors (Lipinski definition) is 6. The van der Waals surface area contributed by atoms with Gasteiger partial charge in [-0.15, -0.1) is 11.3 Å². The molecule has 2 aromatic carbocycles. The smallest absolute Gasteiger partial charge is 0.267 e. The number of anilines is 1. The lowest BCUT2D eigenvalue weighted by Crippen LogP contribution is -2.53. The van der Waals surface area contributed by atoms with Crippen LogP contribution in [0.3, 0.4) is 0 Å². The third kappa shape index (κ3) is 3.08. The molecule has 2 heterocycles. The van der Waals surface area contributed by atoms with Crippen LogP contribution >= 0.6 is 11.3 Å². The number of nitrogens with zero attached hydrogens (tertiary/aromatic N) is 4. The van der Waals surface area contributed by atoms with Crippen LogP contribution in [0.5, 0.6) is 0 Å². The zero-order valence-electron chi connectivity index (χ0n) is 18.9. The first-order valence-electron chi connectivity index (χ1n) is 11.3. The highest BCUT2D eigenvalue weighted by Gasteiger charge is 2.61. The summed E-state index contributed by atoms with van der Waals surface area (Å²) in [6.45, 7) is 2.18. The lowest BCUT2D eigenvalue weighted by atomic mass is 9.47. The fourth-order valence-corrected chi connectivity index (χ4v) is 6.52. The Morgan fingerprint density at radius 3 is 2.49 bits per heavy atom. The molecule has 172 valence electrons. The normalized spacial score (nSPS) is 23.7. The van der Waals surface area contributed by atoms with Gasteiger partial charge in [-0.2, -0.15) is 10.4 Å². The summed E-state index contributed by atoms with van der Waals surface area (Å²) < 4.78 is 1.33. The summed E-state index contributed by atoms with van der Waals surface area (Å²) in [5, 5.41) is 19.9. The van der Waals surface area contributed by atoms with Crippen molar-refractivity contribution in [2.75, 3.05) is 5.32 Å². The molecule has 0 saturated carbocycles. The molecule has 1 N–H and O–H groups in total. The number of fused-ring (bicyclic) bond motifs is 1. The second-order valence-electron chi connectivity index (χ2n) is 9.34. The van der Waals surface area contributed by atoms with Crippen LogP contribution in [-0.2, 0) is 16.8 Å². The minimum Gasteiger partial charge on any atom is -0.301 e. The predicted molar refractivity (Wildman–Crippen MR) is 132 cm³/mol. The number of hydrogen-bond donors (Lipinski definition) is 1. The van der Waals surface area contributed by atoms with Crippen LogP contribution in [0, 0.1) is 16.7 Å². The highest BCUT2D eigenvalue weighted by molar-refractivity contribution is 7.13. The molecule has 4 aromatic rings. The van der Waals surface area contributed by atoms with Gasteiger partial charge >= 0.3 is 0 Å². The lowest BCUT2D eigenvalue weighted by Gasteiger charge is -2.54. The van der Waals surface area contributed by atoms with Crippen molar-refractivity contribution in [3.05, 3.63) is 111 Å². The van der Waals surface area contributed by atoms with Crippen LogP contribution in [0.2, 0.25) is 0 Å². The van der Waals surface area contributed by atoms with E-state index in [1.807, 2.05) is 60.8 Å². The second kappa shape index (κ2) is 7.72. The SMILES string of the molecule is CC1(C(=O)Nc2nc(Cn3ncccc3=O)cs2)CC2(C#N)c3ccccc3C1c1ccccc12. The van der Waals surface area contributed by atoms with E-state index in [9.17, 15) is 14.9 Å². The molecule has 1 atom stereocenters. The Kier molecular flexibility index (Phi) is 4.73. The summed E-state index contributed by atoms with van der Waals surface area (Å²) in [7, 11) is 0. The molecule has 3 aliphatic carbocycles. The number of carbonyl (C=O) groups excluding carboxylic acids is 1. The average molecular weight is 480 g/mol. The van der Waals surface area contributed by atoms with Crippen LogP contribution < -0.4 is 10.9 Å². The minimum absolute atomic E-state index is 0.165. The van der Waals surface area contributed by atoms with Gasteiger partial charge in [-0.3, -0.25) is 9.59 Å². The Hall–Kier alpha value is -4.09. The van der Waals surface area contributed by atoms with Gasteiger partial charge in [0.2, 0.25) is 5.91 Å². The molecule has 0 saturated heterocycles. The molecule has 2 aromatic heterocycles. The Balaban J connectivity index is 1.36. The van der Waals surface area contributed by atoms with Gasteiger partial charge in [-0.05, 0) is 41.7 Å². The molecule has 7 nitrogen and oxygen atoms in total. The maximum atomic E-state index is 13.9. The van der Waals surface area contributed by atoms with E-state index >= 15 is 0 Å². The Labute approximate surface area is 205 Å². The van der Waals surface area contributed by atoms with E-state index in [0.29, 0.717) is 17.2 Å². The molecule has 2 bridgehead atoms. The van der Waals surface area contributed by atoms with Crippen molar-refractivity contribution in [1.82, 2.24) is 14.8 Å². The highest BCUT2D eigenvalue weighted by Crippen LogP contribution is 2.63. The van der Waals surface area contributed by atoms with Gasteiger partial charge in [-0.1, -0.05) is 48.5 Å². The summed E-state index contributed by atoms with van der Waals surface area (Å²) in [5.74, 6) is -0.335. The van der Waals surface area contributed by atoms with Crippen molar-refractivity contribution in [1.29, 1.82) is 5.26 Å². The number of rotatable bonds is 4. The quantitative estimate of drug-likeness (QED) is 0.476. The van der Waals surface area contributed by atoms with Crippen molar-refractivity contribution >= 4 is 22.4 Å².